The number of anilines is 1. The monoisotopic (exact) mass is 311 g/mol. The van der Waals surface area contributed by atoms with Crippen molar-refractivity contribution in [1.82, 2.24) is 9.55 Å². The lowest BCUT2D eigenvalue weighted by Gasteiger charge is -2.15. The SMILES string of the molecule is COCCn1c(=O)c(N)c(-c2cccc(O)c2)c2cccnc21. The van der Waals surface area contributed by atoms with E-state index in [4.69, 9.17) is 10.5 Å². The molecule has 0 saturated heterocycles. The quantitative estimate of drug-likeness (QED) is 0.769. The van der Waals surface area contributed by atoms with Crippen LogP contribution in [0.4, 0.5) is 5.69 Å². The van der Waals surface area contributed by atoms with Crippen LogP contribution in [0.2, 0.25) is 0 Å². The summed E-state index contributed by atoms with van der Waals surface area (Å²) in [7, 11) is 1.57. The van der Waals surface area contributed by atoms with Gasteiger partial charge in [0.1, 0.15) is 17.1 Å². The number of ether oxygens (including phenoxy) is 1. The van der Waals surface area contributed by atoms with Crippen LogP contribution < -0.4 is 11.3 Å². The van der Waals surface area contributed by atoms with Gasteiger partial charge in [-0.05, 0) is 29.8 Å². The molecule has 0 bridgehead atoms. The average molecular weight is 311 g/mol. The minimum Gasteiger partial charge on any atom is -0.508 e. The molecule has 0 saturated carbocycles. The van der Waals surface area contributed by atoms with Crippen molar-refractivity contribution < 1.29 is 9.84 Å². The number of hydrogen-bond acceptors (Lipinski definition) is 5. The molecule has 6 heteroatoms. The number of nitrogen functional groups attached to an aromatic ring is 1. The first kappa shape index (κ1) is 15.1. The van der Waals surface area contributed by atoms with E-state index in [1.807, 2.05) is 6.07 Å². The zero-order chi connectivity index (χ0) is 16.4. The summed E-state index contributed by atoms with van der Waals surface area (Å²) in [6.45, 7) is 0.754. The molecule has 0 spiro atoms. The zero-order valence-electron chi connectivity index (χ0n) is 12.7. The van der Waals surface area contributed by atoms with E-state index < -0.39 is 0 Å². The third-order valence-corrected chi connectivity index (χ3v) is 3.71. The maximum Gasteiger partial charge on any atom is 0.276 e. The molecule has 2 aromatic heterocycles. The molecule has 23 heavy (non-hydrogen) atoms. The molecule has 0 aliphatic carbocycles. The normalized spacial score (nSPS) is 11.0. The molecular weight excluding hydrogens is 294 g/mol. The Kier molecular flexibility index (Phi) is 3.99. The predicted octanol–water partition coefficient (Wildman–Crippen LogP) is 2.00. The number of methoxy groups -OCH3 is 1. The summed E-state index contributed by atoms with van der Waals surface area (Å²) in [5.74, 6) is 0.113. The summed E-state index contributed by atoms with van der Waals surface area (Å²) in [4.78, 5) is 17.0. The number of fused-ring (bicyclic) bond motifs is 1. The van der Waals surface area contributed by atoms with Gasteiger partial charge in [0, 0.05) is 24.3 Å². The van der Waals surface area contributed by atoms with Gasteiger partial charge in [0.25, 0.3) is 5.56 Å². The Labute approximate surface area is 132 Å². The lowest BCUT2D eigenvalue weighted by molar-refractivity contribution is 0.187. The maximum absolute atomic E-state index is 12.6. The molecular formula is C17H17N3O3. The second-order valence-electron chi connectivity index (χ2n) is 5.16. The molecule has 0 amide bonds. The van der Waals surface area contributed by atoms with Crippen molar-refractivity contribution in [2.24, 2.45) is 0 Å². The Hall–Kier alpha value is -2.86. The third-order valence-electron chi connectivity index (χ3n) is 3.71. The summed E-state index contributed by atoms with van der Waals surface area (Å²) in [6.07, 6.45) is 1.63. The molecule has 3 N–H and O–H groups in total. The van der Waals surface area contributed by atoms with Crippen molar-refractivity contribution in [3.05, 3.63) is 52.9 Å². The number of phenols is 1. The Bertz CT molecular complexity index is 919. The fourth-order valence-electron chi connectivity index (χ4n) is 2.66. The van der Waals surface area contributed by atoms with Crippen molar-refractivity contribution in [2.45, 2.75) is 6.54 Å². The number of pyridine rings is 2. The molecule has 0 atom stereocenters. The van der Waals surface area contributed by atoms with Gasteiger partial charge < -0.3 is 15.6 Å². The van der Waals surface area contributed by atoms with Gasteiger partial charge in [0.2, 0.25) is 0 Å². The number of hydrogen-bond donors (Lipinski definition) is 2. The van der Waals surface area contributed by atoms with Crippen LogP contribution in [0.15, 0.2) is 47.4 Å². The van der Waals surface area contributed by atoms with Crippen LogP contribution in [0, 0.1) is 0 Å². The number of nitrogens with zero attached hydrogens (tertiary/aromatic N) is 2. The van der Waals surface area contributed by atoms with E-state index in [1.165, 1.54) is 4.57 Å². The Morgan fingerprint density at radius 1 is 1.30 bits per heavy atom. The maximum atomic E-state index is 12.6. The molecule has 6 nitrogen and oxygen atoms in total. The van der Waals surface area contributed by atoms with Crippen molar-refractivity contribution in [3.63, 3.8) is 0 Å². The van der Waals surface area contributed by atoms with E-state index >= 15 is 0 Å². The van der Waals surface area contributed by atoms with E-state index in [0.29, 0.717) is 29.9 Å². The van der Waals surface area contributed by atoms with Gasteiger partial charge in [-0.3, -0.25) is 9.36 Å². The minimum absolute atomic E-state index is 0.113. The van der Waals surface area contributed by atoms with Crippen LogP contribution in [0.3, 0.4) is 0 Å². The first-order chi connectivity index (χ1) is 11.1. The topological polar surface area (TPSA) is 90.4 Å². The van der Waals surface area contributed by atoms with Gasteiger partial charge in [-0.25, -0.2) is 4.98 Å². The van der Waals surface area contributed by atoms with Crippen LogP contribution in [-0.4, -0.2) is 28.4 Å². The van der Waals surface area contributed by atoms with Crippen molar-refractivity contribution >= 4 is 16.7 Å². The zero-order valence-corrected chi connectivity index (χ0v) is 12.7. The van der Waals surface area contributed by atoms with E-state index in [9.17, 15) is 9.90 Å². The predicted molar refractivity (Wildman–Crippen MR) is 89.4 cm³/mol. The number of aromatic nitrogens is 2. The highest BCUT2D eigenvalue weighted by atomic mass is 16.5. The molecule has 0 fully saturated rings. The van der Waals surface area contributed by atoms with Crippen LogP contribution in [0.1, 0.15) is 0 Å². The Morgan fingerprint density at radius 2 is 2.13 bits per heavy atom. The summed E-state index contributed by atoms with van der Waals surface area (Å²) in [5.41, 5.74) is 7.74. The molecule has 2 heterocycles. The van der Waals surface area contributed by atoms with Crippen LogP contribution in [0.5, 0.6) is 5.75 Å². The lowest BCUT2D eigenvalue weighted by atomic mass is 10.0. The first-order valence-corrected chi connectivity index (χ1v) is 7.19. The van der Waals surface area contributed by atoms with Crippen LogP contribution in [-0.2, 0) is 11.3 Å². The smallest absolute Gasteiger partial charge is 0.276 e. The summed E-state index contributed by atoms with van der Waals surface area (Å²) >= 11 is 0. The number of nitrogens with two attached hydrogens (primary N) is 1. The number of aromatic hydroxyl groups is 1. The molecule has 1 aromatic carbocycles. The summed E-state index contributed by atoms with van der Waals surface area (Å²) in [6, 6.07) is 10.3. The van der Waals surface area contributed by atoms with E-state index in [1.54, 1.807) is 43.6 Å². The fraction of sp³-hybridized carbons (Fsp3) is 0.176. The highest BCUT2D eigenvalue weighted by Crippen LogP contribution is 2.32. The second-order valence-corrected chi connectivity index (χ2v) is 5.16. The number of phenolic OH excluding ortho intramolecular Hbond substituents is 1. The largest absolute Gasteiger partial charge is 0.508 e. The molecule has 0 unspecified atom stereocenters. The Morgan fingerprint density at radius 3 is 2.87 bits per heavy atom. The van der Waals surface area contributed by atoms with Crippen LogP contribution >= 0.6 is 0 Å². The number of rotatable bonds is 4. The van der Waals surface area contributed by atoms with Crippen molar-refractivity contribution in [3.8, 4) is 16.9 Å². The minimum atomic E-state index is -0.313. The van der Waals surface area contributed by atoms with Gasteiger partial charge in [0.15, 0.2) is 0 Å². The summed E-state index contributed by atoms with van der Waals surface area (Å²) in [5, 5.41) is 10.5. The van der Waals surface area contributed by atoms with E-state index in [2.05, 4.69) is 4.98 Å². The van der Waals surface area contributed by atoms with Gasteiger partial charge >= 0.3 is 0 Å². The molecule has 118 valence electrons. The van der Waals surface area contributed by atoms with Gasteiger partial charge in [-0.1, -0.05) is 12.1 Å². The van der Waals surface area contributed by atoms with Crippen LogP contribution in [0.25, 0.3) is 22.2 Å². The number of benzene rings is 1. The first-order valence-electron chi connectivity index (χ1n) is 7.19. The standard InChI is InChI=1S/C17H17N3O3/c1-23-9-8-20-16-13(6-3-7-19-16)14(15(18)17(20)22)11-4-2-5-12(21)10-11/h2-7,10,21H,8-9,18H2,1H3. The molecule has 3 aromatic rings. The van der Waals surface area contributed by atoms with Gasteiger partial charge in [-0.2, -0.15) is 0 Å². The fourth-order valence-corrected chi connectivity index (χ4v) is 2.66. The molecule has 3 rings (SSSR count). The average Bonchev–Trinajstić information content (AvgIpc) is 2.55. The van der Waals surface area contributed by atoms with Gasteiger partial charge in [-0.15, -0.1) is 0 Å². The highest BCUT2D eigenvalue weighted by molar-refractivity contribution is 5.99. The van der Waals surface area contributed by atoms with E-state index in [0.717, 1.165) is 5.39 Å². The molecule has 0 radical (unpaired) electrons. The van der Waals surface area contributed by atoms with Crippen molar-refractivity contribution in [2.75, 3.05) is 19.5 Å². The lowest BCUT2D eigenvalue weighted by Crippen LogP contribution is -2.26. The summed E-state index contributed by atoms with van der Waals surface area (Å²) < 4.78 is 6.57. The van der Waals surface area contributed by atoms with Crippen molar-refractivity contribution in [1.29, 1.82) is 0 Å². The molecule has 0 aliphatic rings. The molecule has 0 aliphatic heterocycles. The van der Waals surface area contributed by atoms with E-state index in [-0.39, 0.29) is 17.0 Å². The highest BCUT2D eigenvalue weighted by Gasteiger charge is 2.16. The third kappa shape index (κ3) is 2.64. The second kappa shape index (κ2) is 6.10. The van der Waals surface area contributed by atoms with Gasteiger partial charge in [0.05, 0.1) is 13.2 Å². The Balaban J connectivity index is 2.36.